The molecule has 2 aliphatic rings. The van der Waals surface area contributed by atoms with Gasteiger partial charge in [0.05, 0.1) is 11.1 Å². The zero-order chi connectivity index (χ0) is 20.7. The number of rotatable bonds is 4. The summed E-state index contributed by atoms with van der Waals surface area (Å²) in [4.78, 5) is 20.0. The molecule has 0 spiro atoms. The van der Waals surface area contributed by atoms with Crippen molar-refractivity contribution in [3.05, 3.63) is 53.1 Å². The summed E-state index contributed by atoms with van der Waals surface area (Å²) in [6.45, 7) is 1.27. The zero-order valence-corrected chi connectivity index (χ0v) is 17.6. The zero-order valence-electron chi connectivity index (χ0n) is 16.8. The molecule has 1 aliphatic carbocycles. The number of thioether (sulfide) groups is 1. The number of carbonyl (C=O) groups is 1. The monoisotopic (exact) mass is 418 g/mol. The molecule has 3 aromatic heterocycles. The number of amides is 1. The number of nitrogens with zero attached hydrogens (tertiary/aromatic N) is 6. The molecule has 1 saturated carbocycles. The lowest BCUT2D eigenvalue weighted by atomic mass is 9.96. The van der Waals surface area contributed by atoms with E-state index in [1.807, 2.05) is 46.0 Å². The van der Waals surface area contributed by atoms with Crippen molar-refractivity contribution in [2.24, 2.45) is 0 Å². The number of piperidine rings is 1. The van der Waals surface area contributed by atoms with Crippen LogP contribution in [0.15, 0.2) is 35.5 Å². The average Bonchev–Trinajstić information content (AvgIpc) is 3.56. The van der Waals surface area contributed by atoms with Gasteiger partial charge in [0.15, 0.2) is 5.65 Å². The number of hydrogen-bond donors (Lipinski definition) is 0. The first-order valence-corrected chi connectivity index (χ1v) is 11.5. The predicted molar refractivity (Wildman–Crippen MR) is 114 cm³/mol. The summed E-state index contributed by atoms with van der Waals surface area (Å²) in [6.07, 6.45) is 7.94. The summed E-state index contributed by atoms with van der Waals surface area (Å²) in [5, 5.41) is 19.1. The highest BCUT2D eigenvalue weighted by atomic mass is 32.2. The maximum Gasteiger partial charge on any atom is 0.255 e. The maximum atomic E-state index is 13.5. The minimum Gasteiger partial charge on any atom is -0.338 e. The Morgan fingerprint density at radius 2 is 2.10 bits per heavy atom. The van der Waals surface area contributed by atoms with Crippen LogP contribution in [0.3, 0.4) is 0 Å². The van der Waals surface area contributed by atoms with Gasteiger partial charge in [-0.1, -0.05) is 6.07 Å². The lowest BCUT2D eigenvalue weighted by Gasteiger charge is -2.32. The summed E-state index contributed by atoms with van der Waals surface area (Å²) in [6, 6.07) is 9.92. The second kappa shape index (κ2) is 7.73. The van der Waals surface area contributed by atoms with Crippen molar-refractivity contribution in [3.63, 3.8) is 0 Å². The van der Waals surface area contributed by atoms with Gasteiger partial charge in [-0.3, -0.25) is 9.20 Å². The summed E-state index contributed by atoms with van der Waals surface area (Å²) >= 11 is 1.43. The van der Waals surface area contributed by atoms with Gasteiger partial charge in [-0.05, 0) is 50.1 Å². The van der Waals surface area contributed by atoms with Gasteiger partial charge in [-0.2, -0.15) is 5.26 Å². The minimum atomic E-state index is -0.0790. The van der Waals surface area contributed by atoms with Crippen LogP contribution in [0.1, 0.15) is 65.0 Å². The van der Waals surface area contributed by atoms with E-state index in [9.17, 15) is 10.1 Å². The molecule has 5 rings (SSSR count). The first-order chi connectivity index (χ1) is 14.7. The quantitative estimate of drug-likeness (QED) is 0.602. The molecule has 30 heavy (non-hydrogen) atoms. The maximum absolute atomic E-state index is 13.5. The van der Waals surface area contributed by atoms with Crippen molar-refractivity contribution in [2.75, 3.05) is 19.3 Å². The molecule has 4 heterocycles. The molecule has 0 bridgehead atoms. The van der Waals surface area contributed by atoms with E-state index in [2.05, 4.69) is 21.3 Å². The fraction of sp³-hybridized carbons (Fsp3) is 0.409. The summed E-state index contributed by atoms with van der Waals surface area (Å²) in [7, 11) is 0. The Labute approximate surface area is 179 Å². The van der Waals surface area contributed by atoms with E-state index in [1.165, 1.54) is 11.8 Å². The fourth-order valence-corrected chi connectivity index (χ4v) is 4.79. The minimum absolute atomic E-state index is 0.0790. The number of pyridine rings is 2. The fourth-order valence-electron chi connectivity index (χ4n) is 4.23. The molecule has 1 atom stereocenters. The Balaban J connectivity index is 1.46. The van der Waals surface area contributed by atoms with Crippen LogP contribution in [-0.2, 0) is 0 Å². The van der Waals surface area contributed by atoms with Crippen LogP contribution < -0.4 is 0 Å². The molecule has 0 unspecified atom stereocenters. The number of likely N-dealkylation sites (tertiary alicyclic amines) is 1. The molecule has 0 N–H and O–H groups in total. The molecule has 1 saturated heterocycles. The topological polar surface area (TPSA) is 87.2 Å². The molecule has 152 valence electrons. The van der Waals surface area contributed by atoms with Crippen LogP contribution in [0.5, 0.6) is 0 Å². The van der Waals surface area contributed by atoms with E-state index in [4.69, 9.17) is 0 Å². The molecular formula is C22H22N6OS. The smallest absolute Gasteiger partial charge is 0.255 e. The third kappa shape index (κ3) is 3.33. The van der Waals surface area contributed by atoms with E-state index in [0.29, 0.717) is 35.2 Å². The molecule has 1 aliphatic heterocycles. The van der Waals surface area contributed by atoms with Crippen molar-refractivity contribution in [1.29, 1.82) is 5.26 Å². The third-order valence-corrected chi connectivity index (χ3v) is 6.63. The van der Waals surface area contributed by atoms with Crippen LogP contribution in [0, 0.1) is 11.3 Å². The van der Waals surface area contributed by atoms with Crippen LogP contribution in [0.25, 0.3) is 5.65 Å². The lowest BCUT2D eigenvalue weighted by Crippen LogP contribution is -2.40. The number of hydrogen-bond acceptors (Lipinski definition) is 6. The first kappa shape index (κ1) is 19.1. The van der Waals surface area contributed by atoms with Crippen molar-refractivity contribution < 1.29 is 4.79 Å². The van der Waals surface area contributed by atoms with Gasteiger partial charge in [0.1, 0.15) is 16.9 Å². The Hall–Kier alpha value is -2.92. The van der Waals surface area contributed by atoms with Crippen molar-refractivity contribution in [2.45, 2.75) is 42.5 Å². The molecule has 7 nitrogen and oxygen atoms in total. The molecule has 1 amide bonds. The Kier molecular flexibility index (Phi) is 4.91. The first-order valence-electron chi connectivity index (χ1n) is 10.3. The summed E-state index contributed by atoms with van der Waals surface area (Å²) in [5.41, 5.74) is 2.65. The second-order valence-electron chi connectivity index (χ2n) is 7.94. The normalized spacial score (nSPS) is 19.1. The van der Waals surface area contributed by atoms with Gasteiger partial charge in [0.2, 0.25) is 0 Å². The lowest BCUT2D eigenvalue weighted by molar-refractivity contribution is 0.0703. The molecule has 0 aromatic carbocycles. The third-order valence-electron chi connectivity index (χ3n) is 5.95. The highest BCUT2D eigenvalue weighted by molar-refractivity contribution is 7.98. The van der Waals surface area contributed by atoms with Crippen LogP contribution in [0.2, 0.25) is 0 Å². The van der Waals surface area contributed by atoms with Gasteiger partial charge in [-0.15, -0.1) is 22.0 Å². The highest BCUT2D eigenvalue weighted by Crippen LogP contribution is 2.41. The highest BCUT2D eigenvalue weighted by Gasteiger charge is 2.32. The predicted octanol–water partition coefficient (Wildman–Crippen LogP) is 3.62. The second-order valence-corrected chi connectivity index (χ2v) is 8.74. The number of carbonyl (C=O) groups excluding carboxylic acids is 1. The van der Waals surface area contributed by atoms with E-state index >= 15 is 0 Å². The van der Waals surface area contributed by atoms with Crippen LogP contribution in [-0.4, -0.2) is 49.7 Å². The Morgan fingerprint density at radius 3 is 2.87 bits per heavy atom. The number of fused-ring (bicyclic) bond motifs is 1. The van der Waals surface area contributed by atoms with Gasteiger partial charge in [0.25, 0.3) is 5.91 Å². The van der Waals surface area contributed by atoms with E-state index in [0.717, 1.165) is 42.8 Å². The van der Waals surface area contributed by atoms with E-state index in [1.54, 1.807) is 0 Å². The van der Waals surface area contributed by atoms with Gasteiger partial charge < -0.3 is 4.90 Å². The molecule has 0 radical (unpaired) electrons. The Bertz CT molecular complexity index is 1160. The van der Waals surface area contributed by atoms with Gasteiger partial charge in [0, 0.05) is 36.8 Å². The van der Waals surface area contributed by atoms with Crippen LogP contribution >= 0.6 is 11.8 Å². The number of nitriles is 1. The standard InChI is InChI=1S/C22H22N6OS/c1-30-21-17(12-23)16(11-18(24-21)14-7-8-14)22(29)27-9-4-5-15(13-27)20-26-25-19-6-2-3-10-28(19)20/h2-3,6,10-11,14-15H,4-5,7-9,13H2,1H3/t15-/m0/s1. The molecular weight excluding hydrogens is 396 g/mol. The SMILES string of the molecule is CSc1nc(C2CC2)cc(C(=O)N2CCC[C@H](c3nnc4ccccn34)C2)c1C#N. The van der Waals surface area contributed by atoms with E-state index < -0.39 is 0 Å². The van der Waals surface area contributed by atoms with Gasteiger partial charge in [-0.25, -0.2) is 4.98 Å². The van der Waals surface area contributed by atoms with Crippen molar-refractivity contribution >= 4 is 23.3 Å². The van der Waals surface area contributed by atoms with Gasteiger partial charge >= 0.3 is 0 Å². The van der Waals surface area contributed by atoms with Crippen molar-refractivity contribution in [1.82, 2.24) is 24.5 Å². The largest absolute Gasteiger partial charge is 0.338 e. The molecule has 8 heteroatoms. The average molecular weight is 419 g/mol. The summed E-state index contributed by atoms with van der Waals surface area (Å²) in [5.74, 6) is 1.36. The van der Waals surface area contributed by atoms with E-state index in [-0.39, 0.29) is 11.8 Å². The molecule has 2 fully saturated rings. The Morgan fingerprint density at radius 1 is 1.23 bits per heavy atom. The molecule has 3 aromatic rings. The van der Waals surface area contributed by atoms with Crippen molar-refractivity contribution in [3.8, 4) is 6.07 Å². The van der Waals surface area contributed by atoms with Crippen LogP contribution in [0.4, 0.5) is 0 Å². The summed E-state index contributed by atoms with van der Waals surface area (Å²) < 4.78 is 2.00. The number of aromatic nitrogens is 4.